The normalized spacial score (nSPS) is 11.8. The highest BCUT2D eigenvalue weighted by Gasteiger charge is 2.24. The van der Waals surface area contributed by atoms with E-state index in [2.05, 4.69) is 26.2 Å². The zero-order chi connectivity index (χ0) is 12.3. The van der Waals surface area contributed by atoms with Gasteiger partial charge in [0, 0.05) is 33.0 Å². The lowest BCUT2D eigenvalue weighted by atomic mass is 10.4. The minimum atomic E-state index is -3.48. The van der Waals surface area contributed by atoms with Crippen molar-refractivity contribution in [2.24, 2.45) is 0 Å². The summed E-state index contributed by atoms with van der Waals surface area (Å²) in [5, 5.41) is 2.86. The molecule has 90 valence electrons. The second-order valence-corrected chi connectivity index (χ2v) is 6.03. The highest BCUT2D eigenvalue weighted by molar-refractivity contribution is 9.10. The first-order valence-electron chi connectivity index (χ1n) is 4.72. The average molecular weight is 308 g/mol. The fraction of sp³-hybridized carbons (Fsp3) is 0.444. The van der Waals surface area contributed by atoms with Crippen LogP contribution in [0.3, 0.4) is 0 Å². The number of aromatic nitrogens is 1. The lowest BCUT2D eigenvalue weighted by Crippen LogP contribution is -2.27. The van der Waals surface area contributed by atoms with Crippen LogP contribution in [0.4, 0.5) is 5.69 Å². The number of pyridine rings is 1. The van der Waals surface area contributed by atoms with Crippen molar-refractivity contribution in [3.8, 4) is 0 Å². The van der Waals surface area contributed by atoms with Crippen LogP contribution in [0.25, 0.3) is 0 Å². The van der Waals surface area contributed by atoms with E-state index < -0.39 is 10.0 Å². The van der Waals surface area contributed by atoms with Crippen molar-refractivity contribution in [3.05, 3.63) is 16.9 Å². The summed E-state index contributed by atoms with van der Waals surface area (Å²) in [6, 6.07) is 0. The van der Waals surface area contributed by atoms with Crippen LogP contribution in [0.2, 0.25) is 0 Å². The zero-order valence-electron chi connectivity index (χ0n) is 9.36. The second-order valence-electron chi connectivity index (χ2n) is 3.16. The van der Waals surface area contributed by atoms with Gasteiger partial charge in [-0.05, 0) is 15.9 Å². The molecule has 0 bridgehead atoms. The molecule has 0 unspecified atom stereocenters. The molecular formula is C9H14BrN3O2S. The van der Waals surface area contributed by atoms with Crippen LogP contribution < -0.4 is 5.32 Å². The summed E-state index contributed by atoms with van der Waals surface area (Å²) in [6.45, 7) is 2.19. The lowest BCUT2D eigenvalue weighted by molar-refractivity contribution is 0.486. The first-order valence-corrected chi connectivity index (χ1v) is 6.96. The van der Waals surface area contributed by atoms with Crippen LogP contribution >= 0.6 is 15.9 Å². The van der Waals surface area contributed by atoms with E-state index in [9.17, 15) is 8.42 Å². The van der Waals surface area contributed by atoms with Crippen molar-refractivity contribution < 1.29 is 8.42 Å². The van der Waals surface area contributed by atoms with E-state index in [1.54, 1.807) is 20.2 Å². The predicted molar refractivity (Wildman–Crippen MR) is 67.0 cm³/mol. The Bertz CT molecular complexity index is 476. The Morgan fingerprint density at radius 3 is 2.62 bits per heavy atom. The van der Waals surface area contributed by atoms with Crippen molar-refractivity contribution in [1.29, 1.82) is 0 Å². The maximum atomic E-state index is 12.1. The predicted octanol–water partition coefficient (Wildman–Crippen LogP) is 1.53. The molecule has 0 aliphatic carbocycles. The van der Waals surface area contributed by atoms with E-state index in [-0.39, 0.29) is 4.90 Å². The third-order valence-corrected chi connectivity index (χ3v) is 4.79. The fourth-order valence-corrected chi connectivity index (χ4v) is 3.19. The molecular weight excluding hydrogens is 294 g/mol. The van der Waals surface area contributed by atoms with E-state index in [1.807, 2.05) is 0 Å². The monoisotopic (exact) mass is 307 g/mol. The largest absolute Gasteiger partial charge is 0.386 e. The fourth-order valence-electron chi connectivity index (χ4n) is 1.19. The Labute approximate surface area is 104 Å². The smallest absolute Gasteiger partial charge is 0.246 e. The minimum absolute atomic E-state index is 0.175. The van der Waals surface area contributed by atoms with E-state index in [0.717, 1.165) is 0 Å². The van der Waals surface area contributed by atoms with E-state index >= 15 is 0 Å². The van der Waals surface area contributed by atoms with Crippen LogP contribution in [-0.2, 0) is 10.0 Å². The number of rotatable bonds is 4. The van der Waals surface area contributed by atoms with Gasteiger partial charge < -0.3 is 5.32 Å². The number of anilines is 1. The summed E-state index contributed by atoms with van der Waals surface area (Å²) in [5.41, 5.74) is 0.523. The first-order chi connectivity index (χ1) is 7.45. The van der Waals surface area contributed by atoms with Crippen LogP contribution in [0.15, 0.2) is 21.8 Å². The molecule has 0 radical (unpaired) electrons. The van der Waals surface area contributed by atoms with E-state index in [1.165, 1.54) is 17.5 Å². The van der Waals surface area contributed by atoms with Crippen molar-refractivity contribution in [3.63, 3.8) is 0 Å². The van der Waals surface area contributed by atoms with Crippen LogP contribution in [-0.4, -0.2) is 38.3 Å². The molecule has 7 heteroatoms. The number of nitrogens with one attached hydrogen (secondary N) is 1. The SMILES string of the molecule is CCN(C)S(=O)(=O)c1cncc(Br)c1NC. The number of hydrogen-bond acceptors (Lipinski definition) is 4. The lowest BCUT2D eigenvalue weighted by Gasteiger charge is -2.17. The molecule has 1 aromatic heterocycles. The number of nitrogens with zero attached hydrogens (tertiary/aromatic N) is 2. The summed E-state index contributed by atoms with van der Waals surface area (Å²) in [6.07, 6.45) is 2.90. The van der Waals surface area contributed by atoms with Crippen molar-refractivity contribution in [1.82, 2.24) is 9.29 Å². The minimum Gasteiger partial charge on any atom is -0.386 e. The molecule has 0 saturated carbocycles. The van der Waals surface area contributed by atoms with Gasteiger partial charge in [0.2, 0.25) is 10.0 Å². The Morgan fingerprint density at radius 1 is 1.50 bits per heavy atom. The molecule has 0 atom stereocenters. The van der Waals surface area contributed by atoms with Gasteiger partial charge in [-0.25, -0.2) is 12.7 Å². The van der Waals surface area contributed by atoms with Gasteiger partial charge in [-0.3, -0.25) is 4.98 Å². The molecule has 0 aliphatic rings. The zero-order valence-corrected chi connectivity index (χ0v) is 11.8. The van der Waals surface area contributed by atoms with E-state index in [4.69, 9.17) is 0 Å². The molecule has 1 N–H and O–H groups in total. The molecule has 5 nitrogen and oxygen atoms in total. The molecule has 0 fully saturated rings. The van der Waals surface area contributed by atoms with Gasteiger partial charge in [0.1, 0.15) is 4.90 Å². The van der Waals surface area contributed by atoms with Crippen molar-refractivity contribution in [2.45, 2.75) is 11.8 Å². The van der Waals surface area contributed by atoms with Gasteiger partial charge in [0.05, 0.1) is 10.2 Å². The maximum Gasteiger partial charge on any atom is 0.246 e. The number of sulfonamides is 1. The first kappa shape index (κ1) is 13.4. The summed E-state index contributed by atoms with van der Waals surface area (Å²) in [7, 11) is -0.267. The van der Waals surface area contributed by atoms with Crippen LogP contribution in [0.1, 0.15) is 6.92 Å². The molecule has 0 amide bonds. The molecule has 0 spiro atoms. The van der Waals surface area contributed by atoms with E-state index in [0.29, 0.717) is 16.7 Å². The van der Waals surface area contributed by atoms with Crippen LogP contribution in [0, 0.1) is 0 Å². The molecule has 0 saturated heterocycles. The Morgan fingerprint density at radius 2 is 2.12 bits per heavy atom. The van der Waals surface area contributed by atoms with Crippen LogP contribution in [0.5, 0.6) is 0 Å². The number of halogens is 1. The Hall–Kier alpha value is -0.660. The van der Waals surface area contributed by atoms with Gasteiger partial charge in [-0.15, -0.1) is 0 Å². The third kappa shape index (κ3) is 2.36. The van der Waals surface area contributed by atoms with Gasteiger partial charge in [-0.2, -0.15) is 0 Å². The van der Waals surface area contributed by atoms with Gasteiger partial charge in [0.25, 0.3) is 0 Å². The van der Waals surface area contributed by atoms with Gasteiger partial charge in [0.15, 0.2) is 0 Å². The average Bonchev–Trinajstić information content (AvgIpc) is 2.27. The molecule has 1 aromatic rings. The Kier molecular flexibility index (Phi) is 4.28. The summed E-state index contributed by atoms with van der Waals surface area (Å²) in [5.74, 6) is 0. The standard InChI is InChI=1S/C9H14BrN3O2S/c1-4-13(3)16(14,15)8-6-12-5-7(10)9(8)11-2/h5-6H,4H2,1-3H3,(H,11,12). The Balaban J connectivity index is 3.39. The second kappa shape index (κ2) is 5.11. The topological polar surface area (TPSA) is 62.3 Å². The molecule has 1 rings (SSSR count). The van der Waals surface area contributed by atoms with Crippen molar-refractivity contribution >= 4 is 31.6 Å². The highest BCUT2D eigenvalue weighted by atomic mass is 79.9. The van der Waals surface area contributed by atoms with Crippen molar-refractivity contribution in [2.75, 3.05) is 26.0 Å². The number of hydrogen-bond donors (Lipinski definition) is 1. The summed E-state index contributed by atoms with van der Waals surface area (Å²) in [4.78, 5) is 4.06. The quantitative estimate of drug-likeness (QED) is 0.916. The molecule has 0 aromatic carbocycles. The van der Waals surface area contributed by atoms with Gasteiger partial charge >= 0.3 is 0 Å². The molecule has 0 aliphatic heterocycles. The maximum absolute atomic E-state index is 12.1. The molecule has 1 heterocycles. The summed E-state index contributed by atoms with van der Waals surface area (Å²) < 4.78 is 26.1. The molecule has 16 heavy (non-hydrogen) atoms. The highest BCUT2D eigenvalue weighted by Crippen LogP contribution is 2.29. The summed E-state index contributed by atoms with van der Waals surface area (Å²) >= 11 is 3.26. The third-order valence-electron chi connectivity index (χ3n) is 2.25. The van der Waals surface area contributed by atoms with Gasteiger partial charge in [-0.1, -0.05) is 6.92 Å².